The second kappa shape index (κ2) is 12.0. The molecule has 0 amide bonds. The maximum absolute atomic E-state index is 9.02. The Kier molecular flexibility index (Phi) is 5.67. The molecule has 0 fully saturated rings. The van der Waals surface area contributed by atoms with Crippen LogP contribution < -0.4 is 0 Å². The second-order valence-corrected chi connectivity index (χ2v) is 14.4. The van der Waals surface area contributed by atoms with E-state index in [-0.39, 0.29) is 29.7 Å². The Morgan fingerprint density at radius 1 is 0.357 bits per heavy atom. The molecule has 10 aromatic carbocycles. The Bertz CT molecular complexity index is 3700. The minimum absolute atomic E-state index is 0.199. The van der Waals surface area contributed by atoms with Gasteiger partial charge in [0.05, 0.1) is 29.0 Å². The van der Waals surface area contributed by atoms with E-state index in [4.69, 9.17) is 11.3 Å². The fourth-order valence-corrected chi connectivity index (χ4v) is 9.23. The van der Waals surface area contributed by atoms with Crippen molar-refractivity contribution in [1.82, 2.24) is 4.57 Å². The van der Waals surface area contributed by atoms with E-state index in [2.05, 4.69) is 126 Å². The van der Waals surface area contributed by atoms with Crippen molar-refractivity contribution in [1.29, 1.82) is 0 Å². The quantitative estimate of drug-likeness (QED) is 0.166. The Balaban J connectivity index is 1.19. The predicted molar refractivity (Wildman–Crippen MR) is 237 cm³/mol. The van der Waals surface area contributed by atoms with Gasteiger partial charge < -0.3 is 8.98 Å². The van der Waals surface area contributed by atoms with Gasteiger partial charge in [-0.05, 0) is 90.5 Å². The van der Waals surface area contributed by atoms with Crippen LogP contribution in [0.2, 0.25) is 0 Å². The molecule has 0 aliphatic heterocycles. The van der Waals surface area contributed by atoms with E-state index < -0.39 is 6.04 Å². The summed E-state index contributed by atoms with van der Waals surface area (Å²) in [5, 5.41) is 10.1. The maximum atomic E-state index is 9.02. The van der Waals surface area contributed by atoms with Crippen LogP contribution >= 0.6 is 0 Å². The van der Waals surface area contributed by atoms with Crippen molar-refractivity contribution >= 4 is 76.1 Å². The third-order valence-electron chi connectivity index (χ3n) is 11.5. The van der Waals surface area contributed by atoms with Gasteiger partial charge in [-0.3, -0.25) is 0 Å². The molecule has 2 nitrogen and oxygen atoms in total. The highest BCUT2D eigenvalue weighted by atomic mass is 16.3. The lowest BCUT2D eigenvalue weighted by Gasteiger charge is -2.21. The molecule has 0 saturated heterocycles. The van der Waals surface area contributed by atoms with Gasteiger partial charge in [-0.1, -0.05) is 170 Å². The van der Waals surface area contributed by atoms with Gasteiger partial charge in [0, 0.05) is 21.7 Å². The molecule has 0 N–H and O–H groups in total. The first-order chi connectivity index (χ1) is 29.9. The average molecular weight is 717 g/mol. The molecule has 0 bridgehead atoms. The molecule has 2 aromatic heterocycles. The lowest BCUT2D eigenvalue weighted by atomic mass is 9.83. The van der Waals surface area contributed by atoms with Crippen LogP contribution in [0.3, 0.4) is 0 Å². The van der Waals surface area contributed by atoms with E-state index in [9.17, 15) is 0 Å². The van der Waals surface area contributed by atoms with Crippen LogP contribution in [0.15, 0.2) is 204 Å². The smallest absolute Gasteiger partial charge is 0.137 e. The first kappa shape index (κ1) is 26.4. The molecule has 0 spiro atoms. The minimum atomic E-state index is -0.406. The highest BCUT2D eigenvalue weighted by molar-refractivity contribution is 6.25. The summed E-state index contributed by atoms with van der Waals surface area (Å²) in [6.07, 6.45) is 0. The Morgan fingerprint density at radius 2 is 0.821 bits per heavy atom. The van der Waals surface area contributed by atoms with Gasteiger partial charge in [-0.2, -0.15) is 0 Å². The third kappa shape index (κ3) is 4.38. The molecule has 0 aliphatic carbocycles. The van der Waals surface area contributed by atoms with Crippen molar-refractivity contribution in [2.24, 2.45) is 0 Å². The molecule has 0 saturated carbocycles. The molecule has 0 aliphatic rings. The summed E-state index contributed by atoms with van der Waals surface area (Å²) in [6.45, 7) is 0. The Labute approximate surface area is 330 Å². The highest BCUT2D eigenvalue weighted by Gasteiger charge is 2.24. The molecular weight excluding hydrogens is 679 g/mol. The monoisotopic (exact) mass is 716 g/mol. The number of nitrogens with zero attached hydrogens (tertiary/aromatic N) is 1. The zero-order valence-electron chi connectivity index (χ0n) is 35.0. The summed E-state index contributed by atoms with van der Waals surface area (Å²) in [5.41, 5.74) is 9.96. The van der Waals surface area contributed by atoms with E-state index in [1.165, 1.54) is 10.8 Å². The van der Waals surface area contributed by atoms with Crippen LogP contribution in [0.25, 0.3) is 115 Å². The van der Waals surface area contributed by atoms with E-state index in [0.717, 1.165) is 93.2 Å². The van der Waals surface area contributed by atoms with Gasteiger partial charge in [0.1, 0.15) is 11.2 Å². The topological polar surface area (TPSA) is 18.1 Å². The van der Waals surface area contributed by atoms with E-state index in [1.54, 1.807) is 0 Å². The zero-order chi connectivity index (χ0) is 41.1. The fraction of sp³-hybridized carbons (Fsp3) is 0. The van der Waals surface area contributed by atoms with Crippen molar-refractivity contribution in [2.75, 3.05) is 0 Å². The van der Waals surface area contributed by atoms with Crippen LogP contribution in [0, 0.1) is 0 Å². The van der Waals surface area contributed by atoms with Crippen molar-refractivity contribution in [3.8, 4) is 39.1 Å². The first-order valence-corrected chi connectivity index (χ1v) is 18.9. The molecular formula is C54H33NO. The van der Waals surface area contributed by atoms with Gasteiger partial charge in [-0.15, -0.1) is 0 Å². The summed E-state index contributed by atoms with van der Waals surface area (Å²) in [7, 11) is 0. The normalized spacial score (nSPS) is 13.2. The summed E-state index contributed by atoms with van der Waals surface area (Å²) >= 11 is 0. The van der Waals surface area contributed by atoms with Crippen LogP contribution in [0.1, 0.15) is 6.85 Å². The Morgan fingerprint density at radius 3 is 1.45 bits per heavy atom. The fourth-order valence-electron chi connectivity index (χ4n) is 9.23. The number of hydrogen-bond donors (Lipinski definition) is 0. The number of rotatable bonds is 4. The highest BCUT2D eigenvalue weighted by Crippen LogP contribution is 2.49. The van der Waals surface area contributed by atoms with Crippen LogP contribution in [-0.2, 0) is 0 Å². The summed E-state index contributed by atoms with van der Waals surface area (Å²) in [6, 6.07) is 57.3. The standard InChI is InChI=1S/C54H33NO/c1-2-16-34(17-3-1)51-40-22-6-8-24-42(40)52(43-25-9-7-23-41(43)51)44-31-30-37(35-18-4-5-19-36(35)44)45-32-33-50-53(46-26-12-15-29-49(46)56-50)54(45)55-47-27-13-10-20-38(47)39-21-11-14-28-48(39)55/h1-33H/i1D,2D,3D,16D,17D. The van der Waals surface area contributed by atoms with Crippen LogP contribution in [-0.4, -0.2) is 4.57 Å². The van der Waals surface area contributed by atoms with Crippen molar-refractivity contribution in [3.63, 3.8) is 0 Å². The SMILES string of the molecule is [2H]c1c([2H])c([2H])c(-c2c3ccccc3c(-c3ccc(-c4ccc5oc6ccccc6c5c4-n4c5ccccc5c5ccccc54)c4ccccc34)c3ccccc23)c([2H])c1[2H]. The molecule has 0 radical (unpaired) electrons. The second-order valence-electron chi connectivity index (χ2n) is 14.4. The average Bonchev–Trinajstić information content (AvgIpc) is 3.86. The van der Waals surface area contributed by atoms with Crippen LogP contribution in [0.5, 0.6) is 0 Å². The first-order valence-electron chi connectivity index (χ1n) is 21.4. The van der Waals surface area contributed by atoms with Gasteiger partial charge >= 0.3 is 0 Å². The summed E-state index contributed by atoms with van der Waals surface area (Å²) < 4.78 is 52.4. The van der Waals surface area contributed by atoms with Crippen molar-refractivity contribution in [3.05, 3.63) is 200 Å². The number of aromatic nitrogens is 1. The lowest BCUT2D eigenvalue weighted by Crippen LogP contribution is -1.99. The molecule has 56 heavy (non-hydrogen) atoms. The number of furan rings is 1. The van der Waals surface area contributed by atoms with E-state index in [1.807, 2.05) is 48.5 Å². The van der Waals surface area contributed by atoms with E-state index in [0.29, 0.717) is 5.56 Å². The van der Waals surface area contributed by atoms with Crippen LogP contribution in [0.4, 0.5) is 0 Å². The number of benzene rings is 10. The summed E-state index contributed by atoms with van der Waals surface area (Å²) in [5.74, 6) is 0. The zero-order valence-corrected chi connectivity index (χ0v) is 30.0. The Hall–Kier alpha value is -7.42. The van der Waals surface area contributed by atoms with Gasteiger partial charge in [0.15, 0.2) is 0 Å². The number of para-hydroxylation sites is 3. The molecule has 0 atom stereocenters. The maximum Gasteiger partial charge on any atom is 0.137 e. The molecule has 12 aromatic rings. The molecule has 2 heteroatoms. The molecule has 2 heterocycles. The van der Waals surface area contributed by atoms with E-state index >= 15 is 0 Å². The largest absolute Gasteiger partial charge is 0.456 e. The van der Waals surface area contributed by atoms with Gasteiger partial charge in [0.2, 0.25) is 0 Å². The van der Waals surface area contributed by atoms with Gasteiger partial charge in [0.25, 0.3) is 0 Å². The van der Waals surface area contributed by atoms with Crippen molar-refractivity contribution < 1.29 is 11.3 Å². The predicted octanol–water partition coefficient (Wildman–Crippen LogP) is 15.1. The number of hydrogen-bond acceptors (Lipinski definition) is 1. The molecule has 12 rings (SSSR count). The van der Waals surface area contributed by atoms with Gasteiger partial charge in [-0.25, -0.2) is 0 Å². The summed E-state index contributed by atoms with van der Waals surface area (Å²) in [4.78, 5) is 0. The molecule has 260 valence electrons. The third-order valence-corrected chi connectivity index (χ3v) is 11.5. The number of fused-ring (bicyclic) bond motifs is 9. The molecule has 0 unspecified atom stereocenters. The minimum Gasteiger partial charge on any atom is -0.456 e. The van der Waals surface area contributed by atoms with Crippen molar-refractivity contribution in [2.45, 2.75) is 0 Å². The lowest BCUT2D eigenvalue weighted by molar-refractivity contribution is 0.669.